The van der Waals surface area contributed by atoms with Crippen molar-refractivity contribution in [3.8, 4) is 5.75 Å². The van der Waals surface area contributed by atoms with Gasteiger partial charge in [-0.1, -0.05) is 24.3 Å². The van der Waals surface area contributed by atoms with Gasteiger partial charge in [0.2, 0.25) is 5.91 Å². The standard InChI is InChI=1S/C20H22N2O4/c1-26-18-4-2-3-16(12-18)20(24)22-10-9-15-7-5-14(11-17(15)13-22)6-8-19(23)21-25/h2-5,7,11-12,25H,6,8-10,13H2,1H3,(H,21,23). The SMILES string of the molecule is COc1cccc(C(=O)N2CCc3ccc(CCC(=O)NO)cc3C2)c1. The van der Waals surface area contributed by atoms with Crippen molar-refractivity contribution in [3.05, 3.63) is 64.7 Å². The predicted molar refractivity (Wildman–Crippen MR) is 96.1 cm³/mol. The number of hydrogen-bond donors (Lipinski definition) is 2. The first-order valence-corrected chi connectivity index (χ1v) is 8.57. The first kappa shape index (κ1) is 17.9. The average Bonchev–Trinajstić information content (AvgIpc) is 2.70. The van der Waals surface area contributed by atoms with E-state index in [4.69, 9.17) is 9.94 Å². The number of fused-ring (bicyclic) bond motifs is 1. The summed E-state index contributed by atoms with van der Waals surface area (Å²) >= 11 is 0. The Morgan fingerprint density at radius 1 is 1.19 bits per heavy atom. The fourth-order valence-corrected chi connectivity index (χ4v) is 3.19. The highest BCUT2D eigenvalue weighted by Gasteiger charge is 2.22. The summed E-state index contributed by atoms with van der Waals surface area (Å²) in [5, 5.41) is 8.59. The predicted octanol–water partition coefficient (Wildman–Crippen LogP) is 2.33. The Kier molecular flexibility index (Phi) is 5.53. The van der Waals surface area contributed by atoms with Gasteiger partial charge in [0.05, 0.1) is 7.11 Å². The Morgan fingerprint density at radius 2 is 2.04 bits per heavy atom. The van der Waals surface area contributed by atoms with Gasteiger partial charge in [0, 0.05) is 25.1 Å². The van der Waals surface area contributed by atoms with Crippen LogP contribution in [0.5, 0.6) is 5.75 Å². The van der Waals surface area contributed by atoms with Crippen molar-refractivity contribution in [2.45, 2.75) is 25.8 Å². The summed E-state index contributed by atoms with van der Waals surface area (Å²) in [6.07, 6.45) is 1.58. The van der Waals surface area contributed by atoms with E-state index in [1.807, 2.05) is 29.2 Å². The van der Waals surface area contributed by atoms with Gasteiger partial charge in [-0.25, -0.2) is 5.48 Å². The molecule has 3 rings (SSSR count). The molecule has 1 aliphatic heterocycles. The van der Waals surface area contributed by atoms with Gasteiger partial charge >= 0.3 is 0 Å². The minimum absolute atomic E-state index is 0.0142. The van der Waals surface area contributed by atoms with Crippen LogP contribution in [-0.2, 0) is 24.2 Å². The maximum absolute atomic E-state index is 12.8. The molecule has 26 heavy (non-hydrogen) atoms. The number of methoxy groups -OCH3 is 1. The molecule has 2 aromatic rings. The molecule has 1 aliphatic rings. The van der Waals surface area contributed by atoms with Crippen LogP contribution in [0.25, 0.3) is 0 Å². The highest BCUT2D eigenvalue weighted by molar-refractivity contribution is 5.94. The normalized spacial score (nSPS) is 13.1. The van der Waals surface area contributed by atoms with Crippen LogP contribution >= 0.6 is 0 Å². The summed E-state index contributed by atoms with van der Waals surface area (Å²) < 4.78 is 5.20. The number of hydrogen-bond acceptors (Lipinski definition) is 4. The van der Waals surface area contributed by atoms with Gasteiger partial charge in [-0.15, -0.1) is 0 Å². The Labute approximate surface area is 152 Å². The van der Waals surface area contributed by atoms with E-state index in [9.17, 15) is 9.59 Å². The smallest absolute Gasteiger partial charge is 0.254 e. The first-order chi connectivity index (χ1) is 12.6. The second kappa shape index (κ2) is 8.01. The third-order valence-corrected chi connectivity index (χ3v) is 4.65. The summed E-state index contributed by atoms with van der Waals surface area (Å²) in [6.45, 7) is 1.22. The van der Waals surface area contributed by atoms with Crippen molar-refractivity contribution < 1.29 is 19.5 Å². The van der Waals surface area contributed by atoms with Gasteiger partial charge in [0.1, 0.15) is 5.75 Å². The Bertz CT molecular complexity index is 819. The number of carbonyl (C=O) groups is 2. The molecule has 0 atom stereocenters. The minimum atomic E-state index is -0.405. The van der Waals surface area contributed by atoms with E-state index in [0.717, 1.165) is 17.5 Å². The van der Waals surface area contributed by atoms with E-state index >= 15 is 0 Å². The maximum Gasteiger partial charge on any atom is 0.254 e. The van der Waals surface area contributed by atoms with E-state index in [1.165, 1.54) is 5.56 Å². The number of rotatable bonds is 5. The Morgan fingerprint density at radius 3 is 2.81 bits per heavy atom. The molecule has 0 saturated carbocycles. The molecule has 6 nitrogen and oxygen atoms in total. The molecule has 0 aromatic heterocycles. The number of nitrogens with one attached hydrogen (secondary N) is 1. The van der Waals surface area contributed by atoms with E-state index < -0.39 is 5.91 Å². The largest absolute Gasteiger partial charge is 0.497 e. The summed E-state index contributed by atoms with van der Waals surface area (Å²) in [6, 6.07) is 13.3. The third kappa shape index (κ3) is 4.03. The van der Waals surface area contributed by atoms with E-state index in [0.29, 0.717) is 30.8 Å². The second-order valence-corrected chi connectivity index (χ2v) is 6.35. The van der Waals surface area contributed by atoms with Crippen LogP contribution in [0.1, 0.15) is 33.5 Å². The molecule has 136 valence electrons. The van der Waals surface area contributed by atoms with Crippen LogP contribution in [-0.4, -0.2) is 35.6 Å². The van der Waals surface area contributed by atoms with E-state index in [2.05, 4.69) is 6.07 Å². The van der Waals surface area contributed by atoms with Crippen LogP contribution in [0.15, 0.2) is 42.5 Å². The van der Waals surface area contributed by atoms with Gasteiger partial charge < -0.3 is 9.64 Å². The van der Waals surface area contributed by atoms with Crippen molar-refractivity contribution in [1.29, 1.82) is 0 Å². The Balaban J connectivity index is 1.73. The number of carbonyl (C=O) groups excluding carboxylic acids is 2. The molecule has 0 unspecified atom stereocenters. The monoisotopic (exact) mass is 354 g/mol. The number of ether oxygens (including phenoxy) is 1. The summed E-state index contributed by atoms with van der Waals surface area (Å²) in [7, 11) is 1.58. The van der Waals surface area contributed by atoms with Crippen molar-refractivity contribution in [2.75, 3.05) is 13.7 Å². The number of amides is 2. The lowest BCUT2D eigenvalue weighted by molar-refractivity contribution is -0.129. The van der Waals surface area contributed by atoms with Gasteiger partial charge in [-0.3, -0.25) is 14.8 Å². The zero-order valence-corrected chi connectivity index (χ0v) is 14.7. The third-order valence-electron chi connectivity index (χ3n) is 4.65. The topological polar surface area (TPSA) is 78.9 Å². The van der Waals surface area contributed by atoms with Gasteiger partial charge in [0.15, 0.2) is 0 Å². The number of hydroxylamine groups is 1. The van der Waals surface area contributed by atoms with E-state index in [-0.39, 0.29) is 12.3 Å². The average molecular weight is 354 g/mol. The lowest BCUT2D eigenvalue weighted by Crippen LogP contribution is -2.36. The quantitative estimate of drug-likeness (QED) is 0.638. The zero-order chi connectivity index (χ0) is 18.5. The molecule has 0 aliphatic carbocycles. The fraction of sp³-hybridized carbons (Fsp3) is 0.300. The number of benzene rings is 2. The number of nitrogens with zero attached hydrogens (tertiary/aromatic N) is 1. The maximum atomic E-state index is 12.8. The molecule has 2 amide bonds. The molecular weight excluding hydrogens is 332 g/mol. The Hall–Kier alpha value is -2.86. The molecule has 0 bridgehead atoms. The molecule has 0 spiro atoms. The van der Waals surface area contributed by atoms with Crippen molar-refractivity contribution >= 4 is 11.8 Å². The summed E-state index contributed by atoms with van der Waals surface area (Å²) in [5.74, 6) is 0.245. The lowest BCUT2D eigenvalue weighted by atomic mass is 9.95. The van der Waals surface area contributed by atoms with Crippen LogP contribution in [0, 0.1) is 0 Å². The van der Waals surface area contributed by atoms with Crippen LogP contribution in [0.2, 0.25) is 0 Å². The van der Waals surface area contributed by atoms with Gasteiger partial charge in [-0.05, 0) is 47.7 Å². The second-order valence-electron chi connectivity index (χ2n) is 6.35. The van der Waals surface area contributed by atoms with Gasteiger partial charge in [0.25, 0.3) is 5.91 Å². The van der Waals surface area contributed by atoms with Crippen molar-refractivity contribution in [2.24, 2.45) is 0 Å². The lowest BCUT2D eigenvalue weighted by Gasteiger charge is -2.29. The highest BCUT2D eigenvalue weighted by atomic mass is 16.5. The van der Waals surface area contributed by atoms with Crippen molar-refractivity contribution in [3.63, 3.8) is 0 Å². The molecule has 6 heteroatoms. The highest BCUT2D eigenvalue weighted by Crippen LogP contribution is 2.23. The van der Waals surface area contributed by atoms with Crippen LogP contribution in [0.3, 0.4) is 0 Å². The van der Waals surface area contributed by atoms with E-state index in [1.54, 1.807) is 24.7 Å². The summed E-state index contributed by atoms with van der Waals surface area (Å²) in [5.41, 5.74) is 5.61. The molecule has 0 saturated heterocycles. The molecule has 0 radical (unpaired) electrons. The molecule has 2 N–H and O–H groups in total. The van der Waals surface area contributed by atoms with Gasteiger partial charge in [-0.2, -0.15) is 0 Å². The number of aryl methyl sites for hydroxylation is 1. The molecule has 1 heterocycles. The van der Waals surface area contributed by atoms with Crippen LogP contribution < -0.4 is 10.2 Å². The minimum Gasteiger partial charge on any atom is -0.497 e. The molecular formula is C20H22N2O4. The van der Waals surface area contributed by atoms with Crippen molar-refractivity contribution in [1.82, 2.24) is 10.4 Å². The summed E-state index contributed by atoms with van der Waals surface area (Å²) in [4.78, 5) is 25.8. The zero-order valence-electron chi connectivity index (χ0n) is 14.7. The first-order valence-electron chi connectivity index (χ1n) is 8.57. The molecule has 0 fully saturated rings. The molecule has 2 aromatic carbocycles. The fourth-order valence-electron chi connectivity index (χ4n) is 3.19. The van der Waals surface area contributed by atoms with Crippen LogP contribution in [0.4, 0.5) is 0 Å².